The molecule has 2 N–H and O–H groups in total. The number of rotatable bonds is 8. The van der Waals surface area contributed by atoms with Crippen LogP contribution >= 0.6 is 0 Å². The van der Waals surface area contributed by atoms with Gasteiger partial charge in [-0.25, -0.2) is 13.4 Å². The Kier molecular flexibility index (Phi) is 5.73. The van der Waals surface area contributed by atoms with E-state index in [1.807, 2.05) is 0 Å². The van der Waals surface area contributed by atoms with Crippen molar-refractivity contribution in [3.63, 3.8) is 0 Å². The smallest absolute Gasteiger partial charge is 0.256 e. The first-order valence-electron chi connectivity index (χ1n) is 5.88. The minimum absolute atomic E-state index is 0.173. The summed E-state index contributed by atoms with van der Waals surface area (Å²) < 4.78 is 25.2. The third-order valence-corrected chi connectivity index (χ3v) is 3.60. The predicted octanol–water partition coefficient (Wildman–Crippen LogP) is -0.362. The van der Waals surface area contributed by atoms with E-state index in [0.717, 1.165) is 19.5 Å². The van der Waals surface area contributed by atoms with Crippen molar-refractivity contribution in [1.82, 2.24) is 24.9 Å². The maximum Gasteiger partial charge on any atom is 0.256 e. The molecule has 0 aliphatic heterocycles. The Morgan fingerprint density at radius 3 is 2.72 bits per heavy atom. The van der Waals surface area contributed by atoms with Crippen molar-refractivity contribution in [2.45, 2.75) is 24.8 Å². The number of aromatic nitrogens is 2. The van der Waals surface area contributed by atoms with Crippen LogP contribution < -0.4 is 10.1 Å². The van der Waals surface area contributed by atoms with Crippen molar-refractivity contribution < 1.29 is 8.42 Å². The second kappa shape index (κ2) is 6.83. The third kappa shape index (κ3) is 4.73. The second-order valence-corrected chi connectivity index (χ2v) is 5.84. The third-order valence-electron chi connectivity index (χ3n) is 2.17. The summed E-state index contributed by atoms with van der Waals surface area (Å²) in [7, 11) is -0.258. The predicted molar refractivity (Wildman–Crippen MR) is 69.4 cm³/mol. The topological polar surface area (TPSA) is 79.3 Å². The van der Waals surface area contributed by atoms with E-state index in [4.69, 9.17) is 0 Å². The lowest BCUT2D eigenvalue weighted by Gasteiger charge is -2.10. The molecule has 0 atom stereocenters. The van der Waals surface area contributed by atoms with E-state index in [-0.39, 0.29) is 4.90 Å². The highest BCUT2D eigenvalue weighted by atomic mass is 32.2. The van der Waals surface area contributed by atoms with Crippen molar-refractivity contribution in [1.29, 1.82) is 0 Å². The van der Waals surface area contributed by atoms with Gasteiger partial charge in [0.1, 0.15) is 4.90 Å². The Labute approximate surface area is 108 Å². The molecule has 0 amide bonds. The lowest BCUT2D eigenvalue weighted by Crippen LogP contribution is -2.35. The number of sulfonamides is 1. The van der Waals surface area contributed by atoms with Crippen LogP contribution in [0, 0.1) is 0 Å². The lowest BCUT2D eigenvalue weighted by molar-refractivity contribution is 0.364. The van der Waals surface area contributed by atoms with Crippen molar-refractivity contribution >= 4 is 10.0 Å². The highest BCUT2D eigenvalue weighted by molar-refractivity contribution is 7.89. The highest BCUT2D eigenvalue weighted by Crippen LogP contribution is 2.06. The highest BCUT2D eigenvalue weighted by Gasteiger charge is 2.16. The molecule has 0 saturated heterocycles. The van der Waals surface area contributed by atoms with Crippen LogP contribution in [0.15, 0.2) is 17.3 Å². The molecule has 7 nitrogen and oxygen atoms in total. The van der Waals surface area contributed by atoms with Gasteiger partial charge in [-0.1, -0.05) is 6.92 Å². The molecule has 0 fully saturated rings. The van der Waals surface area contributed by atoms with E-state index < -0.39 is 10.0 Å². The van der Waals surface area contributed by atoms with E-state index in [9.17, 15) is 8.42 Å². The van der Waals surface area contributed by atoms with Gasteiger partial charge >= 0.3 is 0 Å². The summed E-state index contributed by atoms with van der Waals surface area (Å²) in [5.74, 6) is 0. The molecule has 0 aromatic carbocycles. The van der Waals surface area contributed by atoms with Crippen LogP contribution in [-0.2, 0) is 16.6 Å². The molecular formula is C10H21N5O2S. The first-order chi connectivity index (χ1) is 8.45. The van der Waals surface area contributed by atoms with Crippen LogP contribution in [0.4, 0.5) is 0 Å². The van der Waals surface area contributed by atoms with Gasteiger partial charge < -0.3 is 5.32 Å². The zero-order valence-electron chi connectivity index (χ0n) is 11.0. The summed E-state index contributed by atoms with van der Waals surface area (Å²) in [5, 5.41) is 8.64. The van der Waals surface area contributed by atoms with E-state index in [1.54, 1.807) is 18.8 Å². The Balaban J connectivity index is 2.57. The van der Waals surface area contributed by atoms with Crippen LogP contribution in [0.1, 0.15) is 13.3 Å². The number of hydrogen-bond donors (Lipinski definition) is 2. The summed E-state index contributed by atoms with van der Waals surface area (Å²) in [6.07, 6.45) is 3.95. The Bertz CT molecular complexity index is 455. The fourth-order valence-electron chi connectivity index (χ4n) is 1.39. The number of nitrogens with zero attached hydrogens (tertiary/aromatic N) is 3. The number of hydrazine groups is 1. The molecule has 0 saturated carbocycles. The molecule has 8 heteroatoms. The maximum absolute atomic E-state index is 11.8. The standard InChI is InChI=1S/C10H21N5O2S/c1-4-5-11-6-7-15-9-10(8-12-15)18(16,17)13-14(2)3/h8-9,11,13H,4-7H2,1-3H3. The molecule has 0 radical (unpaired) electrons. The molecule has 18 heavy (non-hydrogen) atoms. The molecule has 0 bridgehead atoms. The Morgan fingerprint density at radius 2 is 2.11 bits per heavy atom. The molecule has 0 unspecified atom stereocenters. The quantitative estimate of drug-likeness (QED) is 0.500. The van der Waals surface area contributed by atoms with Crippen molar-refractivity contribution in [2.24, 2.45) is 0 Å². The lowest BCUT2D eigenvalue weighted by atomic mass is 10.5. The van der Waals surface area contributed by atoms with Crippen LogP contribution in [0.2, 0.25) is 0 Å². The van der Waals surface area contributed by atoms with E-state index in [2.05, 4.69) is 22.2 Å². The van der Waals surface area contributed by atoms with Gasteiger partial charge in [0, 0.05) is 26.8 Å². The van der Waals surface area contributed by atoms with E-state index in [1.165, 1.54) is 17.4 Å². The summed E-state index contributed by atoms with van der Waals surface area (Å²) in [6, 6.07) is 0. The number of nitrogens with one attached hydrogen (secondary N) is 2. The molecule has 1 heterocycles. The number of hydrogen-bond acceptors (Lipinski definition) is 5. The van der Waals surface area contributed by atoms with Gasteiger partial charge in [-0.05, 0) is 13.0 Å². The minimum Gasteiger partial charge on any atom is -0.315 e. The zero-order chi connectivity index (χ0) is 13.6. The molecular weight excluding hydrogens is 254 g/mol. The largest absolute Gasteiger partial charge is 0.315 e. The van der Waals surface area contributed by atoms with Gasteiger partial charge in [-0.3, -0.25) is 4.68 Å². The fraction of sp³-hybridized carbons (Fsp3) is 0.700. The van der Waals surface area contributed by atoms with E-state index >= 15 is 0 Å². The Hall–Kier alpha value is -0.960. The van der Waals surface area contributed by atoms with Crippen molar-refractivity contribution in [3.05, 3.63) is 12.4 Å². The summed E-state index contributed by atoms with van der Waals surface area (Å²) in [5.41, 5.74) is 0. The van der Waals surface area contributed by atoms with Gasteiger partial charge in [0.05, 0.1) is 12.7 Å². The SMILES string of the molecule is CCCNCCn1cc(S(=O)(=O)NN(C)C)cn1. The van der Waals surface area contributed by atoms with Crippen LogP contribution in [0.3, 0.4) is 0 Å². The molecule has 0 spiro atoms. The van der Waals surface area contributed by atoms with Gasteiger partial charge in [0.25, 0.3) is 10.0 Å². The fourth-order valence-corrected chi connectivity index (χ4v) is 2.43. The van der Waals surface area contributed by atoms with Gasteiger partial charge in [-0.2, -0.15) is 5.10 Å². The summed E-state index contributed by atoms with van der Waals surface area (Å²) >= 11 is 0. The van der Waals surface area contributed by atoms with Crippen LogP contribution in [0.25, 0.3) is 0 Å². The average Bonchev–Trinajstić information content (AvgIpc) is 2.72. The molecule has 1 aromatic rings. The van der Waals surface area contributed by atoms with Crippen LogP contribution in [0.5, 0.6) is 0 Å². The first kappa shape index (κ1) is 15.1. The van der Waals surface area contributed by atoms with Crippen molar-refractivity contribution in [2.75, 3.05) is 27.2 Å². The molecule has 0 aliphatic rings. The summed E-state index contributed by atoms with van der Waals surface area (Å²) in [6.45, 7) is 4.47. The first-order valence-corrected chi connectivity index (χ1v) is 7.37. The van der Waals surface area contributed by atoms with Gasteiger partial charge in [-0.15, -0.1) is 4.83 Å². The summed E-state index contributed by atoms with van der Waals surface area (Å²) in [4.78, 5) is 2.53. The normalized spacial score (nSPS) is 12.2. The van der Waals surface area contributed by atoms with Gasteiger partial charge in [0.15, 0.2) is 0 Å². The minimum atomic E-state index is -3.50. The monoisotopic (exact) mass is 275 g/mol. The van der Waals surface area contributed by atoms with Gasteiger partial charge in [0.2, 0.25) is 0 Å². The van der Waals surface area contributed by atoms with Crippen molar-refractivity contribution in [3.8, 4) is 0 Å². The van der Waals surface area contributed by atoms with E-state index in [0.29, 0.717) is 6.54 Å². The molecule has 1 rings (SSSR count). The Morgan fingerprint density at radius 1 is 1.39 bits per heavy atom. The zero-order valence-corrected chi connectivity index (χ0v) is 11.9. The molecule has 104 valence electrons. The van der Waals surface area contributed by atoms with Crippen LogP contribution in [-0.4, -0.2) is 50.4 Å². The molecule has 0 aliphatic carbocycles. The average molecular weight is 275 g/mol. The molecule has 1 aromatic heterocycles. The maximum atomic E-state index is 11.8. The second-order valence-electron chi connectivity index (χ2n) is 4.18.